The van der Waals surface area contributed by atoms with Gasteiger partial charge in [-0.1, -0.05) is 32.6 Å². The van der Waals surface area contributed by atoms with Crippen molar-refractivity contribution in [2.24, 2.45) is 0 Å². The number of nitrogens with zero attached hydrogens (tertiary/aromatic N) is 1. The van der Waals surface area contributed by atoms with Gasteiger partial charge in [-0.3, -0.25) is 4.90 Å². The fourth-order valence-electron chi connectivity index (χ4n) is 4.10. The van der Waals surface area contributed by atoms with Crippen molar-refractivity contribution in [1.82, 2.24) is 4.90 Å². The normalized spacial score (nSPS) is 25.2. The quantitative estimate of drug-likeness (QED) is 0.606. The molecular formula is C24H41NO4. The Kier molecular flexibility index (Phi) is 8.39. The zero-order valence-electron chi connectivity index (χ0n) is 19.3. The van der Waals surface area contributed by atoms with Gasteiger partial charge in [0.15, 0.2) is 0 Å². The maximum absolute atomic E-state index is 13.0. The van der Waals surface area contributed by atoms with Crippen LogP contribution in [0.2, 0.25) is 0 Å². The number of aliphatic hydroxyl groups is 1. The number of carbonyl (C=O) groups excluding carboxylic acids is 1. The summed E-state index contributed by atoms with van der Waals surface area (Å²) in [6, 6.07) is -0.212. The first kappa shape index (κ1) is 24.0. The smallest absolute Gasteiger partial charge is 0.413 e. The maximum atomic E-state index is 13.0. The Balaban J connectivity index is 2.43. The van der Waals surface area contributed by atoms with Gasteiger partial charge in [-0.05, 0) is 72.3 Å². The molecule has 1 amide bonds. The van der Waals surface area contributed by atoms with E-state index in [0.717, 1.165) is 56.1 Å². The first-order chi connectivity index (χ1) is 13.5. The minimum Gasteiger partial charge on any atom is -0.444 e. The van der Waals surface area contributed by atoms with Gasteiger partial charge < -0.3 is 14.6 Å². The van der Waals surface area contributed by atoms with E-state index in [1.807, 2.05) is 34.6 Å². The molecule has 2 rings (SSSR count). The molecule has 0 aromatic rings. The van der Waals surface area contributed by atoms with Crippen LogP contribution in [0, 0.1) is 0 Å². The van der Waals surface area contributed by atoms with Gasteiger partial charge in [-0.25, -0.2) is 4.79 Å². The molecule has 1 heterocycles. The van der Waals surface area contributed by atoms with Crippen LogP contribution in [0.15, 0.2) is 16.9 Å². The molecule has 1 N–H and O–H groups in total. The average molecular weight is 408 g/mol. The van der Waals surface area contributed by atoms with E-state index in [1.165, 1.54) is 12.8 Å². The van der Waals surface area contributed by atoms with Crippen LogP contribution in [0.25, 0.3) is 0 Å². The highest BCUT2D eigenvalue weighted by Gasteiger charge is 2.47. The van der Waals surface area contributed by atoms with E-state index < -0.39 is 17.4 Å². The Morgan fingerprint density at radius 1 is 1.28 bits per heavy atom. The van der Waals surface area contributed by atoms with E-state index in [-0.39, 0.29) is 12.1 Å². The Hall–Kier alpha value is -1.29. The van der Waals surface area contributed by atoms with Gasteiger partial charge in [0.1, 0.15) is 11.3 Å². The highest BCUT2D eigenvalue weighted by atomic mass is 16.6. The molecule has 1 aliphatic heterocycles. The summed E-state index contributed by atoms with van der Waals surface area (Å²) in [6.45, 7) is 12.1. The van der Waals surface area contributed by atoms with E-state index in [4.69, 9.17) is 9.47 Å². The van der Waals surface area contributed by atoms with Crippen LogP contribution >= 0.6 is 0 Å². The number of ether oxygens (including phenoxy) is 2. The summed E-state index contributed by atoms with van der Waals surface area (Å²) >= 11 is 0. The van der Waals surface area contributed by atoms with Crippen LogP contribution in [0.5, 0.6) is 0 Å². The molecule has 1 saturated heterocycles. The molecule has 166 valence electrons. The number of carbonyl (C=O) groups is 1. The molecule has 2 atom stereocenters. The standard InChI is InChI=1S/C24H41NO4/c1-7-8-13-18(16-19-14-11-9-10-12-15-21(19)26)20-17-28-24(5,6)25(20)22(27)29-23(2,3)4/h20-21,26H,7-15,17H2,1-6H3/t16?,20-,21?/m0/s1. The zero-order chi connectivity index (χ0) is 21.7. The van der Waals surface area contributed by atoms with Crippen molar-refractivity contribution in [3.05, 3.63) is 16.9 Å². The number of hydrogen-bond donors (Lipinski definition) is 1. The van der Waals surface area contributed by atoms with Gasteiger partial charge in [-0.2, -0.15) is 0 Å². The van der Waals surface area contributed by atoms with Crippen molar-refractivity contribution in [2.45, 2.75) is 123 Å². The van der Waals surface area contributed by atoms with Crippen molar-refractivity contribution in [1.29, 1.82) is 0 Å². The first-order valence-corrected chi connectivity index (χ1v) is 11.4. The van der Waals surface area contributed by atoms with E-state index in [2.05, 4.69) is 12.7 Å². The number of unbranched alkanes of at least 4 members (excludes halogenated alkanes) is 1. The summed E-state index contributed by atoms with van der Waals surface area (Å²) < 4.78 is 11.7. The third-order valence-corrected chi connectivity index (χ3v) is 5.68. The third kappa shape index (κ3) is 6.87. The molecule has 1 saturated carbocycles. The van der Waals surface area contributed by atoms with Crippen LogP contribution in [0.1, 0.15) is 99.3 Å². The van der Waals surface area contributed by atoms with Crippen LogP contribution in [0.4, 0.5) is 4.79 Å². The van der Waals surface area contributed by atoms with Crippen molar-refractivity contribution >= 4 is 6.09 Å². The molecule has 0 aromatic carbocycles. The summed E-state index contributed by atoms with van der Waals surface area (Å²) in [5, 5.41) is 10.7. The number of hydrogen-bond acceptors (Lipinski definition) is 4. The Morgan fingerprint density at radius 2 is 1.97 bits per heavy atom. The second kappa shape index (κ2) is 10.1. The molecular weight excluding hydrogens is 366 g/mol. The molecule has 0 aromatic heterocycles. The van der Waals surface area contributed by atoms with Gasteiger partial charge in [0.05, 0.1) is 18.8 Å². The van der Waals surface area contributed by atoms with E-state index in [0.29, 0.717) is 6.61 Å². The predicted octanol–water partition coefficient (Wildman–Crippen LogP) is 5.72. The van der Waals surface area contributed by atoms with Gasteiger partial charge >= 0.3 is 6.09 Å². The highest BCUT2D eigenvalue weighted by molar-refractivity contribution is 5.70. The molecule has 29 heavy (non-hydrogen) atoms. The highest BCUT2D eigenvalue weighted by Crippen LogP contribution is 2.34. The fourth-order valence-corrected chi connectivity index (χ4v) is 4.10. The van der Waals surface area contributed by atoms with Crippen LogP contribution < -0.4 is 0 Å². The first-order valence-electron chi connectivity index (χ1n) is 11.4. The second-order valence-corrected chi connectivity index (χ2v) is 9.87. The van der Waals surface area contributed by atoms with Crippen molar-refractivity contribution < 1.29 is 19.4 Å². The molecule has 0 radical (unpaired) electrons. The van der Waals surface area contributed by atoms with E-state index in [1.54, 1.807) is 4.90 Å². The lowest BCUT2D eigenvalue weighted by atomic mass is 9.92. The summed E-state index contributed by atoms with van der Waals surface area (Å²) in [6.07, 6.45) is 8.34. The Morgan fingerprint density at radius 3 is 2.62 bits per heavy atom. The molecule has 0 spiro atoms. The monoisotopic (exact) mass is 407 g/mol. The lowest BCUT2D eigenvalue weighted by Crippen LogP contribution is -2.50. The SMILES string of the molecule is CCCCC(=C=C1CCCCCCC1O)[C@@H]1COC(C)(C)N1C(=O)OC(C)(C)C. The fraction of sp³-hybridized carbons (Fsp3) is 0.833. The molecule has 0 bridgehead atoms. The van der Waals surface area contributed by atoms with Gasteiger partial charge in [-0.15, -0.1) is 5.73 Å². The molecule has 5 heteroatoms. The second-order valence-electron chi connectivity index (χ2n) is 9.87. The van der Waals surface area contributed by atoms with Crippen LogP contribution in [-0.4, -0.2) is 46.2 Å². The largest absolute Gasteiger partial charge is 0.444 e. The molecule has 2 aliphatic rings. The third-order valence-electron chi connectivity index (χ3n) is 5.68. The van der Waals surface area contributed by atoms with Gasteiger partial charge in [0.2, 0.25) is 0 Å². The minimum absolute atomic E-state index is 0.212. The van der Waals surface area contributed by atoms with E-state index >= 15 is 0 Å². The topological polar surface area (TPSA) is 59.0 Å². The summed E-state index contributed by atoms with van der Waals surface area (Å²) in [5.41, 5.74) is 4.33. The Labute approximate surface area is 177 Å². The van der Waals surface area contributed by atoms with Crippen LogP contribution in [-0.2, 0) is 9.47 Å². The lowest BCUT2D eigenvalue weighted by molar-refractivity contribution is -0.0614. The summed E-state index contributed by atoms with van der Waals surface area (Å²) in [7, 11) is 0. The minimum atomic E-state index is -0.740. The molecule has 5 nitrogen and oxygen atoms in total. The maximum Gasteiger partial charge on any atom is 0.413 e. The van der Waals surface area contributed by atoms with Gasteiger partial charge in [0.25, 0.3) is 0 Å². The van der Waals surface area contributed by atoms with E-state index in [9.17, 15) is 9.90 Å². The van der Waals surface area contributed by atoms with Crippen molar-refractivity contribution in [3.8, 4) is 0 Å². The molecule has 2 fully saturated rings. The van der Waals surface area contributed by atoms with Crippen molar-refractivity contribution in [2.75, 3.05) is 6.61 Å². The van der Waals surface area contributed by atoms with Gasteiger partial charge in [0, 0.05) is 5.57 Å². The average Bonchev–Trinajstić information content (AvgIpc) is 2.91. The van der Waals surface area contributed by atoms with Crippen molar-refractivity contribution in [3.63, 3.8) is 0 Å². The molecule has 1 aliphatic carbocycles. The Bertz CT molecular complexity index is 625. The zero-order valence-corrected chi connectivity index (χ0v) is 19.3. The summed E-state index contributed by atoms with van der Waals surface area (Å²) in [4.78, 5) is 14.8. The lowest BCUT2D eigenvalue weighted by Gasteiger charge is -2.35. The predicted molar refractivity (Wildman–Crippen MR) is 116 cm³/mol. The van der Waals surface area contributed by atoms with Crippen LogP contribution in [0.3, 0.4) is 0 Å². The molecule has 1 unspecified atom stereocenters. The number of amides is 1. The summed E-state index contributed by atoms with van der Waals surface area (Å²) in [5.74, 6) is 0. The number of rotatable bonds is 4. The number of aliphatic hydroxyl groups excluding tert-OH is 1.